The number of alkyl halides is 3. The fourth-order valence-electron chi connectivity index (χ4n) is 3.07. The van der Waals surface area contributed by atoms with Crippen LogP contribution < -0.4 is 10.4 Å². The van der Waals surface area contributed by atoms with Crippen molar-refractivity contribution < 1.29 is 36.4 Å². The lowest BCUT2D eigenvalue weighted by Gasteiger charge is -2.32. The van der Waals surface area contributed by atoms with E-state index in [4.69, 9.17) is 18.5 Å². The molecular weight excluding hydrogens is 414 g/mol. The number of furan rings is 1. The summed E-state index contributed by atoms with van der Waals surface area (Å²) in [5.74, 6) is -0.0687. The van der Waals surface area contributed by atoms with Gasteiger partial charge in [0, 0.05) is 18.5 Å². The standard InChI is InChI=1S/C21H27BF3NO5/c1-18(2,3)29-17(27)26(8)15-10-12-9-13(11-14(16(12)28-15)21(23,24)25)22-30-19(4,5)20(6,7)31-22/h9-11H,1-8H3. The van der Waals surface area contributed by atoms with E-state index in [0.29, 0.717) is 0 Å². The maximum Gasteiger partial charge on any atom is 0.494 e. The van der Waals surface area contributed by atoms with Crippen LogP contribution in [0.5, 0.6) is 0 Å². The lowest BCUT2D eigenvalue weighted by atomic mass is 9.77. The van der Waals surface area contributed by atoms with Crippen molar-refractivity contribution in [1.29, 1.82) is 0 Å². The van der Waals surface area contributed by atoms with Gasteiger partial charge in [-0.1, -0.05) is 6.07 Å². The maximum atomic E-state index is 13.8. The summed E-state index contributed by atoms with van der Waals surface area (Å²) < 4.78 is 64.0. The highest BCUT2D eigenvalue weighted by Crippen LogP contribution is 2.40. The Bertz CT molecular complexity index is 991. The molecule has 1 aliphatic heterocycles. The molecule has 10 heteroatoms. The van der Waals surface area contributed by atoms with Crippen molar-refractivity contribution >= 4 is 35.5 Å². The van der Waals surface area contributed by atoms with E-state index in [9.17, 15) is 18.0 Å². The zero-order valence-electron chi connectivity index (χ0n) is 18.9. The number of anilines is 1. The number of rotatable bonds is 2. The summed E-state index contributed by atoms with van der Waals surface area (Å²) in [6, 6.07) is 3.84. The van der Waals surface area contributed by atoms with Crippen molar-refractivity contribution in [3.63, 3.8) is 0 Å². The molecule has 0 bridgehead atoms. The van der Waals surface area contributed by atoms with E-state index in [-0.39, 0.29) is 22.3 Å². The first-order valence-corrected chi connectivity index (χ1v) is 9.88. The fourth-order valence-corrected chi connectivity index (χ4v) is 3.07. The molecule has 2 heterocycles. The van der Waals surface area contributed by atoms with E-state index in [0.717, 1.165) is 11.0 Å². The largest absolute Gasteiger partial charge is 0.494 e. The zero-order chi connectivity index (χ0) is 23.6. The molecule has 0 saturated carbocycles. The van der Waals surface area contributed by atoms with Gasteiger partial charge < -0.3 is 18.5 Å². The van der Waals surface area contributed by atoms with Gasteiger partial charge in [-0.05, 0) is 60.0 Å². The molecule has 2 aromatic rings. The van der Waals surface area contributed by atoms with E-state index in [2.05, 4.69) is 0 Å². The average molecular weight is 441 g/mol. The van der Waals surface area contributed by atoms with E-state index in [1.54, 1.807) is 20.8 Å². The molecule has 0 N–H and O–H groups in total. The van der Waals surface area contributed by atoms with E-state index in [1.165, 1.54) is 19.2 Å². The fraction of sp³-hybridized carbons (Fsp3) is 0.571. The van der Waals surface area contributed by atoms with Gasteiger partial charge in [0.25, 0.3) is 0 Å². The van der Waals surface area contributed by atoms with Gasteiger partial charge in [0.2, 0.25) is 5.88 Å². The van der Waals surface area contributed by atoms with Crippen LogP contribution in [0.25, 0.3) is 11.0 Å². The molecule has 1 fully saturated rings. The predicted molar refractivity (Wildman–Crippen MR) is 112 cm³/mol. The van der Waals surface area contributed by atoms with Gasteiger partial charge in [-0.3, -0.25) is 4.90 Å². The Labute approximate surface area is 179 Å². The van der Waals surface area contributed by atoms with Gasteiger partial charge in [-0.25, -0.2) is 4.79 Å². The first-order valence-electron chi connectivity index (χ1n) is 9.88. The summed E-state index contributed by atoms with van der Waals surface area (Å²) in [4.78, 5) is 13.3. The van der Waals surface area contributed by atoms with Crippen molar-refractivity contribution in [2.75, 3.05) is 11.9 Å². The van der Waals surface area contributed by atoms with E-state index in [1.807, 2.05) is 27.7 Å². The Hall–Kier alpha value is -2.20. The van der Waals surface area contributed by atoms with Crippen LogP contribution in [-0.2, 0) is 20.2 Å². The third-order valence-corrected chi connectivity index (χ3v) is 5.45. The molecule has 6 nitrogen and oxygen atoms in total. The summed E-state index contributed by atoms with van der Waals surface area (Å²) in [5.41, 5.74) is -3.31. The summed E-state index contributed by atoms with van der Waals surface area (Å²) in [6.45, 7) is 12.4. The van der Waals surface area contributed by atoms with E-state index >= 15 is 0 Å². The van der Waals surface area contributed by atoms with Gasteiger partial charge in [0.05, 0.1) is 16.8 Å². The van der Waals surface area contributed by atoms with Gasteiger partial charge in [-0.2, -0.15) is 13.2 Å². The predicted octanol–water partition coefficient (Wildman–Crippen LogP) is 5.12. The molecule has 1 saturated heterocycles. The number of hydrogen-bond donors (Lipinski definition) is 0. The Kier molecular flexibility index (Phi) is 5.42. The third-order valence-electron chi connectivity index (χ3n) is 5.45. The Morgan fingerprint density at radius 3 is 2.06 bits per heavy atom. The SMILES string of the molecule is CN(C(=O)OC(C)(C)C)c1cc2cc(B3OC(C)(C)C(C)(C)O3)cc(C(F)(F)F)c2o1. The summed E-state index contributed by atoms with van der Waals surface area (Å²) in [5, 5.41) is 0.171. The number of fused-ring (bicyclic) bond motifs is 1. The van der Waals surface area contributed by atoms with Crippen LogP contribution in [0.1, 0.15) is 54.0 Å². The third kappa shape index (κ3) is 4.55. The Morgan fingerprint density at radius 2 is 1.58 bits per heavy atom. The minimum Gasteiger partial charge on any atom is -0.443 e. The quantitative estimate of drug-likeness (QED) is 0.606. The zero-order valence-corrected chi connectivity index (χ0v) is 18.9. The lowest BCUT2D eigenvalue weighted by Crippen LogP contribution is -2.41. The first-order chi connectivity index (χ1) is 13.9. The van der Waals surface area contributed by atoms with Crippen molar-refractivity contribution in [3.05, 3.63) is 23.8 Å². The number of carbonyl (C=O) groups excluding carboxylic acids is 1. The minimum atomic E-state index is -4.68. The highest BCUT2D eigenvalue weighted by Gasteiger charge is 2.52. The molecule has 1 aromatic heterocycles. The molecule has 170 valence electrons. The molecule has 1 aromatic carbocycles. The number of nitrogens with zero attached hydrogens (tertiary/aromatic N) is 1. The van der Waals surface area contributed by atoms with Crippen LogP contribution in [0.15, 0.2) is 22.6 Å². The number of hydrogen-bond acceptors (Lipinski definition) is 5. The monoisotopic (exact) mass is 441 g/mol. The highest BCUT2D eigenvalue weighted by atomic mass is 19.4. The number of halogens is 3. The average Bonchev–Trinajstić information content (AvgIpc) is 3.08. The molecule has 31 heavy (non-hydrogen) atoms. The van der Waals surface area contributed by atoms with Crippen LogP contribution >= 0.6 is 0 Å². The lowest BCUT2D eigenvalue weighted by molar-refractivity contribution is -0.136. The molecular formula is C21H27BF3NO5. The second-order valence-corrected chi connectivity index (χ2v) is 9.70. The summed E-state index contributed by atoms with van der Waals surface area (Å²) >= 11 is 0. The number of carbonyl (C=O) groups is 1. The minimum absolute atomic E-state index is 0.0687. The van der Waals surface area contributed by atoms with Gasteiger partial charge in [0.15, 0.2) is 0 Å². The van der Waals surface area contributed by atoms with Crippen LogP contribution in [0, 0.1) is 0 Å². The molecule has 0 radical (unpaired) electrons. The molecule has 0 unspecified atom stereocenters. The molecule has 0 spiro atoms. The van der Waals surface area contributed by atoms with Crippen LogP contribution in [0.4, 0.5) is 23.8 Å². The van der Waals surface area contributed by atoms with Gasteiger partial charge in [-0.15, -0.1) is 0 Å². The highest BCUT2D eigenvalue weighted by molar-refractivity contribution is 6.62. The smallest absolute Gasteiger partial charge is 0.443 e. The van der Waals surface area contributed by atoms with Crippen LogP contribution in [-0.4, -0.2) is 37.1 Å². The second-order valence-electron chi connectivity index (χ2n) is 9.70. The van der Waals surface area contributed by atoms with Gasteiger partial charge in [0.1, 0.15) is 11.2 Å². The molecule has 1 amide bonds. The molecule has 0 atom stereocenters. The Balaban J connectivity index is 2.06. The second kappa shape index (κ2) is 7.16. The van der Waals surface area contributed by atoms with Crippen molar-refractivity contribution in [2.45, 2.75) is 71.4 Å². The number of ether oxygens (including phenoxy) is 1. The molecule has 0 aliphatic carbocycles. The number of benzene rings is 1. The summed E-state index contributed by atoms with van der Waals surface area (Å²) in [7, 11) is 0.395. The maximum absolute atomic E-state index is 13.8. The topological polar surface area (TPSA) is 61.1 Å². The van der Waals surface area contributed by atoms with Crippen molar-refractivity contribution in [3.8, 4) is 0 Å². The summed E-state index contributed by atoms with van der Waals surface area (Å²) in [6.07, 6.45) is -5.43. The normalized spacial score (nSPS) is 18.5. The van der Waals surface area contributed by atoms with Gasteiger partial charge >= 0.3 is 19.4 Å². The molecule has 1 aliphatic rings. The van der Waals surface area contributed by atoms with Crippen LogP contribution in [0.3, 0.4) is 0 Å². The van der Waals surface area contributed by atoms with Crippen molar-refractivity contribution in [2.24, 2.45) is 0 Å². The van der Waals surface area contributed by atoms with E-state index < -0.39 is 41.8 Å². The first kappa shape index (κ1) is 23.5. The van der Waals surface area contributed by atoms with Crippen LogP contribution in [0.2, 0.25) is 0 Å². The number of amides is 1. The molecule has 3 rings (SSSR count). The van der Waals surface area contributed by atoms with Crippen molar-refractivity contribution in [1.82, 2.24) is 0 Å². The Morgan fingerprint density at radius 1 is 1.03 bits per heavy atom.